The first kappa shape index (κ1) is 14.6. The molecule has 102 valence electrons. The lowest BCUT2D eigenvalue weighted by molar-refractivity contribution is 0.329. The van der Waals surface area contributed by atoms with Crippen molar-refractivity contribution in [3.63, 3.8) is 0 Å². The maximum Gasteiger partial charge on any atom is 0.239 e. The highest BCUT2D eigenvalue weighted by atomic mass is 16.5. The molecular weight excluding hydrogens is 226 g/mol. The second kappa shape index (κ2) is 7.80. The number of nitrogen functional groups attached to an aromatic ring is 1. The number of ether oxygens (including phenoxy) is 1. The molecule has 1 aromatic heterocycles. The Kier molecular flexibility index (Phi) is 6.33. The van der Waals surface area contributed by atoms with E-state index in [2.05, 4.69) is 24.1 Å². The number of pyridine rings is 1. The number of rotatable bonds is 8. The fraction of sp³-hybridized carbons (Fsp3) is 0.643. The molecule has 4 nitrogen and oxygen atoms in total. The van der Waals surface area contributed by atoms with Crippen LogP contribution in [-0.4, -0.2) is 17.6 Å². The van der Waals surface area contributed by atoms with Crippen LogP contribution in [0.1, 0.15) is 46.5 Å². The fourth-order valence-corrected chi connectivity index (χ4v) is 1.81. The number of nitrogens with one attached hydrogen (secondary N) is 1. The molecule has 1 atom stereocenters. The Morgan fingerprint density at radius 3 is 2.78 bits per heavy atom. The number of hydrogen-bond acceptors (Lipinski definition) is 4. The van der Waals surface area contributed by atoms with Gasteiger partial charge in [0.05, 0.1) is 12.3 Å². The van der Waals surface area contributed by atoms with Gasteiger partial charge in [0.25, 0.3) is 0 Å². The molecular formula is C14H25N3O. The SMILES string of the molecule is CCCCCC(C)Nc1ccc(N)c(OCC)n1. The number of aromatic nitrogens is 1. The Morgan fingerprint density at radius 2 is 2.11 bits per heavy atom. The van der Waals surface area contributed by atoms with E-state index in [1.165, 1.54) is 19.3 Å². The summed E-state index contributed by atoms with van der Waals surface area (Å²) in [5.74, 6) is 1.35. The van der Waals surface area contributed by atoms with Crippen LogP contribution in [0, 0.1) is 0 Å². The minimum atomic E-state index is 0.419. The molecule has 4 heteroatoms. The number of anilines is 2. The van der Waals surface area contributed by atoms with Crippen molar-refractivity contribution in [2.75, 3.05) is 17.7 Å². The number of unbranched alkanes of at least 4 members (excludes halogenated alkanes) is 2. The van der Waals surface area contributed by atoms with Crippen LogP contribution >= 0.6 is 0 Å². The third-order valence-electron chi connectivity index (χ3n) is 2.81. The van der Waals surface area contributed by atoms with Gasteiger partial charge in [-0.05, 0) is 32.4 Å². The third-order valence-corrected chi connectivity index (χ3v) is 2.81. The van der Waals surface area contributed by atoms with Gasteiger partial charge in [0, 0.05) is 6.04 Å². The zero-order valence-corrected chi connectivity index (χ0v) is 11.7. The zero-order chi connectivity index (χ0) is 13.4. The minimum Gasteiger partial charge on any atom is -0.476 e. The van der Waals surface area contributed by atoms with Crippen molar-refractivity contribution in [1.82, 2.24) is 4.98 Å². The van der Waals surface area contributed by atoms with Gasteiger partial charge in [-0.25, -0.2) is 0 Å². The van der Waals surface area contributed by atoms with E-state index < -0.39 is 0 Å². The van der Waals surface area contributed by atoms with Gasteiger partial charge >= 0.3 is 0 Å². The Bertz CT molecular complexity index is 355. The summed E-state index contributed by atoms with van der Waals surface area (Å²) in [6, 6.07) is 4.15. The van der Waals surface area contributed by atoms with Gasteiger partial charge in [-0.3, -0.25) is 0 Å². The molecule has 0 spiro atoms. The van der Waals surface area contributed by atoms with E-state index in [0.29, 0.717) is 24.2 Å². The predicted octanol–water partition coefficient (Wildman–Crippen LogP) is 3.44. The quantitative estimate of drug-likeness (QED) is 0.695. The second-order valence-corrected chi connectivity index (χ2v) is 4.57. The van der Waals surface area contributed by atoms with E-state index in [4.69, 9.17) is 10.5 Å². The van der Waals surface area contributed by atoms with Crippen LogP contribution in [-0.2, 0) is 0 Å². The van der Waals surface area contributed by atoms with Crippen LogP contribution in [0.25, 0.3) is 0 Å². The molecule has 18 heavy (non-hydrogen) atoms. The van der Waals surface area contributed by atoms with Crippen LogP contribution in [0.2, 0.25) is 0 Å². The molecule has 0 bridgehead atoms. The minimum absolute atomic E-state index is 0.419. The monoisotopic (exact) mass is 251 g/mol. The van der Waals surface area contributed by atoms with Crippen LogP contribution in [0.15, 0.2) is 12.1 Å². The molecule has 1 rings (SSSR count). The molecule has 1 heterocycles. The van der Waals surface area contributed by atoms with Crippen molar-refractivity contribution in [3.8, 4) is 5.88 Å². The van der Waals surface area contributed by atoms with E-state index in [9.17, 15) is 0 Å². The summed E-state index contributed by atoms with van der Waals surface area (Å²) in [6.45, 7) is 6.89. The normalized spacial score (nSPS) is 12.2. The molecule has 0 aliphatic heterocycles. The maximum atomic E-state index is 5.79. The number of hydrogen-bond donors (Lipinski definition) is 2. The molecule has 3 N–H and O–H groups in total. The Labute approximate surface area is 110 Å². The molecule has 1 unspecified atom stereocenters. The van der Waals surface area contributed by atoms with Crippen molar-refractivity contribution >= 4 is 11.5 Å². The van der Waals surface area contributed by atoms with E-state index in [-0.39, 0.29) is 0 Å². The number of nitrogens with two attached hydrogens (primary N) is 1. The first-order chi connectivity index (χ1) is 8.67. The summed E-state index contributed by atoms with van der Waals surface area (Å²) >= 11 is 0. The van der Waals surface area contributed by atoms with Crippen LogP contribution in [0.4, 0.5) is 11.5 Å². The highest BCUT2D eigenvalue weighted by Crippen LogP contribution is 2.21. The summed E-state index contributed by atoms with van der Waals surface area (Å²) in [6.07, 6.45) is 4.94. The summed E-state index contributed by atoms with van der Waals surface area (Å²) in [5.41, 5.74) is 6.37. The summed E-state index contributed by atoms with van der Waals surface area (Å²) in [7, 11) is 0. The molecule has 0 saturated heterocycles. The topological polar surface area (TPSA) is 60.2 Å². The first-order valence-electron chi connectivity index (χ1n) is 6.83. The van der Waals surface area contributed by atoms with Crippen LogP contribution in [0.5, 0.6) is 5.88 Å². The molecule has 1 aromatic rings. The van der Waals surface area contributed by atoms with Gasteiger partial charge in [0.1, 0.15) is 5.82 Å². The van der Waals surface area contributed by atoms with Crippen molar-refractivity contribution in [3.05, 3.63) is 12.1 Å². The number of nitrogens with zero attached hydrogens (tertiary/aromatic N) is 1. The highest BCUT2D eigenvalue weighted by Gasteiger charge is 2.06. The zero-order valence-electron chi connectivity index (χ0n) is 11.7. The molecule has 0 aliphatic carbocycles. The lowest BCUT2D eigenvalue weighted by Gasteiger charge is -2.15. The summed E-state index contributed by atoms with van der Waals surface area (Å²) in [4.78, 5) is 4.37. The van der Waals surface area contributed by atoms with Crippen molar-refractivity contribution in [2.24, 2.45) is 0 Å². The lowest BCUT2D eigenvalue weighted by Crippen LogP contribution is -2.16. The molecule has 0 radical (unpaired) electrons. The van der Waals surface area contributed by atoms with Crippen molar-refractivity contribution in [2.45, 2.75) is 52.5 Å². The van der Waals surface area contributed by atoms with Gasteiger partial charge in [0.15, 0.2) is 0 Å². The Morgan fingerprint density at radius 1 is 1.33 bits per heavy atom. The Balaban J connectivity index is 2.53. The van der Waals surface area contributed by atoms with Crippen molar-refractivity contribution < 1.29 is 4.74 Å². The maximum absolute atomic E-state index is 5.79. The standard InChI is InChI=1S/C14H25N3O/c1-4-6-7-8-11(3)16-13-10-9-12(15)14(17-13)18-5-2/h9-11H,4-8,15H2,1-3H3,(H,16,17). The molecule has 0 amide bonds. The predicted molar refractivity (Wildman–Crippen MR) is 77.0 cm³/mol. The first-order valence-corrected chi connectivity index (χ1v) is 6.83. The van der Waals surface area contributed by atoms with E-state index in [1.54, 1.807) is 0 Å². The van der Waals surface area contributed by atoms with Crippen molar-refractivity contribution in [1.29, 1.82) is 0 Å². The molecule has 0 saturated carbocycles. The van der Waals surface area contributed by atoms with Gasteiger partial charge in [0.2, 0.25) is 5.88 Å². The fourth-order valence-electron chi connectivity index (χ4n) is 1.81. The van der Waals surface area contributed by atoms with Gasteiger partial charge in [-0.2, -0.15) is 4.98 Å². The second-order valence-electron chi connectivity index (χ2n) is 4.57. The van der Waals surface area contributed by atoms with Gasteiger partial charge < -0.3 is 15.8 Å². The van der Waals surface area contributed by atoms with E-state index in [1.807, 2.05) is 19.1 Å². The smallest absolute Gasteiger partial charge is 0.239 e. The summed E-state index contributed by atoms with van der Waals surface area (Å²) in [5, 5.41) is 3.38. The molecule has 0 aromatic carbocycles. The average molecular weight is 251 g/mol. The molecule has 0 fully saturated rings. The average Bonchev–Trinajstić information content (AvgIpc) is 2.34. The Hall–Kier alpha value is -1.45. The van der Waals surface area contributed by atoms with Crippen LogP contribution < -0.4 is 15.8 Å². The third kappa shape index (κ3) is 4.82. The van der Waals surface area contributed by atoms with Gasteiger partial charge in [-0.1, -0.05) is 26.2 Å². The lowest BCUT2D eigenvalue weighted by atomic mass is 10.1. The van der Waals surface area contributed by atoms with Crippen LogP contribution in [0.3, 0.4) is 0 Å². The van der Waals surface area contributed by atoms with Gasteiger partial charge in [-0.15, -0.1) is 0 Å². The van der Waals surface area contributed by atoms with E-state index in [0.717, 1.165) is 12.2 Å². The van der Waals surface area contributed by atoms with E-state index >= 15 is 0 Å². The largest absolute Gasteiger partial charge is 0.476 e. The summed E-state index contributed by atoms with van der Waals surface area (Å²) < 4.78 is 5.38. The highest BCUT2D eigenvalue weighted by molar-refractivity contribution is 5.53. The molecule has 0 aliphatic rings.